The fourth-order valence-electron chi connectivity index (χ4n) is 3.92. The summed E-state index contributed by atoms with van der Waals surface area (Å²) in [6.45, 7) is 3.56. The highest BCUT2D eigenvalue weighted by molar-refractivity contribution is 7.89. The van der Waals surface area contributed by atoms with Crippen LogP contribution in [0.2, 0.25) is 0 Å². The molecule has 0 radical (unpaired) electrons. The van der Waals surface area contributed by atoms with Crippen LogP contribution in [0, 0.1) is 6.92 Å². The molecule has 0 saturated carbocycles. The molecular weight excluding hydrogens is 436 g/mol. The highest BCUT2D eigenvalue weighted by atomic mass is 32.2. The summed E-state index contributed by atoms with van der Waals surface area (Å²) in [6.07, 6.45) is 2.75. The van der Waals surface area contributed by atoms with Crippen LogP contribution in [0.15, 0.2) is 53.6 Å². The molecule has 0 amide bonds. The first kappa shape index (κ1) is 23.2. The van der Waals surface area contributed by atoms with E-state index in [1.54, 1.807) is 18.2 Å². The Morgan fingerprint density at radius 3 is 2.58 bits per heavy atom. The Labute approximate surface area is 195 Å². The molecule has 7 nitrogen and oxygen atoms in total. The van der Waals surface area contributed by atoms with E-state index in [1.165, 1.54) is 18.4 Å². The van der Waals surface area contributed by atoms with Crippen molar-refractivity contribution < 1.29 is 13.2 Å². The summed E-state index contributed by atoms with van der Waals surface area (Å²) in [5, 5.41) is 1.96. The second-order valence-corrected chi connectivity index (χ2v) is 10.9. The first-order valence-corrected chi connectivity index (χ1v) is 12.3. The maximum atomic E-state index is 12.7. The van der Waals surface area contributed by atoms with E-state index in [-0.39, 0.29) is 4.90 Å². The van der Waals surface area contributed by atoms with Crippen LogP contribution in [0.5, 0.6) is 5.75 Å². The summed E-state index contributed by atoms with van der Waals surface area (Å²) in [6, 6.07) is 13.1. The third-order valence-electron chi connectivity index (χ3n) is 5.64. The lowest BCUT2D eigenvalue weighted by Crippen LogP contribution is -2.22. The Kier molecular flexibility index (Phi) is 6.43. The molecule has 0 atom stereocenters. The zero-order chi connectivity index (χ0) is 23.8. The van der Waals surface area contributed by atoms with E-state index in [1.807, 2.05) is 45.4 Å². The maximum absolute atomic E-state index is 12.7. The van der Waals surface area contributed by atoms with Gasteiger partial charge in [-0.2, -0.15) is 0 Å². The SMILES string of the molecule is Cc1cnc2[nH]c3c(OCCCN(C)C)ccc(-c4cccc(S(=O)(=O)N(C)C)c4)c3c2c1. The summed E-state index contributed by atoms with van der Waals surface area (Å²) in [7, 11) is 3.62. The van der Waals surface area contributed by atoms with Gasteiger partial charge in [-0.05, 0) is 74.5 Å². The third-order valence-corrected chi connectivity index (χ3v) is 7.45. The predicted molar refractivity (Wildman–Crippen MR) is 133 cm³/mol. The number of hydrogen-bond donors (Lipinski definition) is 1. The van der Waals surface area contributed by atoms with Crippen LogP contribution in [-0.4, -0.2) is 68.9 Å². The van der Waals surface area contributed by atoms with Gasteiger partial charge in [0.1, 0.15) is 11.4 Å². The van der Waals surface area contributed by atoms with Crippen LogP contribution < -0.4 is 4.74 Å². The van der Waals surface area contributed by atoms with E-state index in [0.29, 0.717) is 6.61 Å². The lowest BCUT2D eigenvalue weighted by molar-refractivity contribution is 0.284. The Morgan fingerprint density at radius 2 is 1.85 bits per heavy atom. The van der Waals surface area contributed by atoms with Crippen LogP contribution in [0.4, 0.5) is 0 Å². The average molecular weight is 467 g/mol. The fourth-order valence-corrected chi connectivity index (χ4v) is 4.87. The number of nitrogens with zero attached hydrogens (tertiary/aromatic N) is 3. The first-order chi connectivity index (χ1) is 15.7. The third kappa shape index (κ3) is 4.59. The summed E-state index contributed by atoms with van der Waals surface area (Å²) >= 11 is 0. The zero-order valence-electron chi connectivity index (χ0n) is 19.7. The molecule has 2 heterocycles. The smallest absolute Gasteiger partial charge is 0.242 e. The predicted octanol–water partition coefficient (Wildman–Crippen LogP) is 4.27. The van der Waals surface area contributed by atoms with E-state index >= 15 is 0 Å². The highest BCUT2D eigenvalue weighted by Gasteiger charge is 2.20. The molecule has 0 bridgehead atoms. The van der Waals surface area contributed by atoms with Gasteiger partial charge in [0, 0.05) is 37.6 Å². The number of benzene rings is 2. The van der Waals surface area contributed by atoms with E-state index in [0.717, 1.165) is 57.3 Å². The van der Waals surface area contributed by atoms with Crippen LogP contribution in [0.25, 0.3) is 33.1 Å². The largest absolute Gasteiger partial charge is 0.491 e. The number of aromatic nitrogens is 2. The molecule has 1 N–H and O–H groups in total. The minimum absolute atomic E-state index is 0.260. The molecule has 2 aromatic carbocycles. The molecule has 0 aliphatic carbocycles. The second kappa shape index (κ2) is 9.13. The molecule has 0 aliphatic rings. The van der Waals surface area contributed by atoms with Crippen molar-refractivity contribution in [3.63, 3.8) is 0 Å². The molecule has 0 fully saturated rings. The number of sulfonamides is 1. The van der Waals surface area contributed by atoms with Gasteiger partial charge in [-0.15, -0.1) is 0 Å². The zero-order valence-corrected chi connectivity index (χ0v) is 20.5. The molecule has 0 spiro atoms. The van der Waals surface area contributed by atoms with Gasteiger partial charge in [0.2, 0.25) is 10.0 Å². The van der Waals surface area contributed by atoms with Gasteiger partial charge in [-0.3, -0.25) is 0 Å². The number of aryl methyl sites for hydroxylation is 1. The molecule has 2 aromatic heterocycles. The minimum Gasteiger partial charge on any atom is -0.491 e. The van der Waals surface area contributed by atoms with Crippen LogP contribution in [0.3, 0.4) is 0 Å². The van der Waals surface area contributed by atoms with Gasteiger partial charge < -0.3 is 14.6 Å². The number of H-pyrrole nitrogens is 1. The Bertz CT molecular complexity index is 1410. The minimum atomic E-state index is -3.54. The number of aromatic amines is 1. The normalized spacial score (nSPS) is 12.3. The standard InChI is InChI=1S/C25H30N4O3S/c1-17-14-21-23-20(18-8-6-9-19(15-18)33(30,31)29(4)5)10-11-22(32-13-7-12-28(2)3)24(23)27-25(21)26-16-17/h6,8-11,14-16H,7,12-13H2,1-5H3,(H,26,27). The van der Waals surface area contributed by atoms with E-state index in [9.17, 15) is 8.42 Å². The lowest BCUT2D eigenvalue weighted by atomic mass is 9.99. The Morgan fingerprint density at radius 1 is 1.06 bits per heavy atom. The maximum Gasteiger partial charge on any atom is 0.242 e. The molecule has 0 saturated heterocycles. The van der Waals surface area contributed by atoms with Crippen LogP contribution >= 0.6 is 0 Å². The molecule has 33 heavy (non-hydrogen) atoms. The van der Waals surface area contributed by atoms with Crippen molar-refractivity contribution in [2.45, 2.75) is 18.2 Å². The number of rotatable bonds is 8. The van der Waals surface area contributed by atoms with Gasteiger partial charge in [0.25, 0.3) is 0 Å². The summed E-state index contributed by atoms with van der Waals surface area (Å²) < 4.78 is 32.8. The van der Waals surface area contributed by atoms with Crippen molar-refractivity contribution in [1.82, 2.24) is 19.2 Å². The molecule has 0 aliphatic heterocycles. The molecule has 8 heteroatoms. The number of hydrogen-bond acceptors (Lipinski definition) is 5. The van der Waals surface area contributed by atoms with Crippen molar-refractivity contribution in [2.24, 2.45) is 0 Å². The Hall–Kier alpha value is -2.94. The summed E-state index contributed by atoms with van der Waals surface area (Å²) in [4.78, 5) is 10.4. The highest BCUT2D eigenvalue weighted by Crippen LogP contribution is 2.39. The van der Waals surface area contributed by atoms with Crippen LogP contribution in [0.1, 0.15) is 12.0 Å². The molecule has 4 rings (SSSR count). The Balaban J connectivity index is 1.87. The van der Waals surface area contributed by atoms with Crippen LogP contribution in [-0.2, 0) is 10.0 Å². The summed E-state index contributed by atoms with van der Waals surface area (Å²) in [5.41, 5.74) is 4.45. The van der Waals surface area contributed by atoms with Crippen molar-refractivity contribution in [3.05, 3.63) is 54.2 Å². The van der Waals surface area contributed by atoms with Gasteiger partial charge >= 0.3 is 0 Å². The van der Waals surface area contributed by atoms with Crippen molar-refractivity contribution in [1.29, 1.82) is 0 Å². The molecule has 4 aromatic rings. The molecular formula is C25H30N4O3S. The molecule has 174 valence electrons. The van der Waals surface area contributed by atoms with E-state index in [2.05, 4.69) is 20.9 Å². The second-order valence-electron chi connectivity index (χ2n) is 8.72. The quantitative estimate of drug-likeness (QED) is 0.392. The van der Waals surface area contributed by atoms with E-state index < -0.39 is 10.0 Å². The van der Waals surface area contributed by atoms with E-state index in [4.69, 9.17) is 4.74 Å². The average Bonchev–Trinajstić information content (AvgIpc) is 3.15. The topological polar surface area (TPSA) is 78.5 Å². The molecule has 0 unspecified atom stereocenters. The monoisotopic (exact) mass is 466 g/mol. The van der Waals surface area contributed by atoms with Gasteiger partial charge in [0.05, 0.1) is 17.0 Å². The van der Waals surface area contributed by atoms with Crippen molar-refractivity contribution >= 4 is 32.0 Å². The summed E-state index contributed by atoms with van der Waals surface area (Å²) in [5.74, 6) is 0.764. The fraction of sp³-hybridized carbons (Fsp3) is 0.320. The number of ether oxygens (including phenoxy) is 1. The number of fused-ring (bicyclic) bond motifs is 3. The van der Waals surface area contributed by atoms with Gasteiger partial charge in [-0.1, -0.05) is 12.1 Å². The number of nitrogens with one attached hydrogen (secondary N) is 1. The first-order valence-electron chi connectivity index (χ1n) is 10.9. The van der Waals surface area contributed by atoms with Crippen molar-refractivity contribution in [2.75, 3.05) is 41.3 Å². The van der Waals surface area contributed by atoms with Crippen molar-refractivity contribution in [3.8, 4) is 16.9 Å². The number of pyridine rings is 1. The van der Waals surface area contributed by atoms with Gasteiger partial charge in [-0.25, -0.2) is 17.7 Å². The van der Waals surface area contributed by atoms with Gasteiger partial charge in [0.15, 0.2) is 0 Å². The lowest BCUT2D eigenvalue weighted by Gasteiger charge is -2.14.